The molecule has 0 fully saturated rings. The maximum absolute atomic E-state index is 13.4. The molecule has 0 aromatic heterocycles. The summed E-state index contributed by atoms with van der Waals surface area (Å²) in [5, 5.41) is 9.45. The van der Waals surface area contributed by atoms with Gasteiger partial charge < -0.3 is 9.84 Å². The van der Waals surface area contributed by atoms with Crippen molar-refractivity contribution in [3.05, 3.63) is 58.9 Å². The van der Waals surface area contributed by atoms with Crippen LogP contribution < -0.4 is 4.74 Å². The van der Waals surface area contributed by atoms with E-state index in [1.165, 1.54) is 6.07 Å². The van der Waals surface area contributed by atoms with Crippen LogP contribution in [-0.2, 0) is 6.42 Å². The van der Waals surface area contributed by atoms with Crippen molar-refractivity contribution in [2.24, 2.45) is 0 Å². The van der Waals surface area contributed by atoms with E-state index < -0.39 is 0 Å². The Morgan fingerprint density at radius 2 is 2.05 bits per heavy atom. The van der Waals surface area contributed by atoms with Gasteiger partial charge in [-0.1, -0.05) is 6.07 Å². The maximum atomic E-state index is 13.4. The molecule has 2 nitrogen and oxygen atoms in total. The molecule has 3 rings (SSSR count). The fraction of sp³-hybridized carbons (Fsp3) is 0.250. The number of rotatable bonds is 1. The van der Waals surface area contributed by atoms with Crippen LogP contribution in [0.5, 0.6) is 11.5 Å². The number of hydrogen-bond donors (Lipinski definition) is 1. The van der Waals surface area contributed by atoms with Gasteiger partial charge in [-0.15, -0.1) is 0 Å². The van der Waals surface area contributed by atoms with Crippen LogP contribution in [0.4, 0.5) is 4.39 Å². The monoisotopic (exact) mass is 258 g/mol. The normalized spacial score (nSPS) is 17.7. The summed E-state index contributed by atoms with van der Waals surface area (Å²) in [6, 6.07) is 9.90. The number of ether oxygens (including phenoxy) is 1. The fourth-order valence-corrected chi connectivity index (χ4v) is 2.55. The summed E-state index contributed by atoms with van der Waals surface area (Å²) in [5.41, 5.74) is 2.94. The standard InChI is InChI=1S/C16H15FO2/c1-10-2-4-12(17)9-14(10)16-6-3-11-8-13(18)5-7-15(11)19-16/h2,4-5,7-9,16,18H,3,6H2,1H3. The molecule has 0 spiro atoms. The van der Waals surface area contributed by atoms with Gasteiger partial charge in [-0.2, -0.15) is 0 Å². The summed E-state index contributed by atoms with van der Waals surface area (Å²) < 4.78 is 19.3. The number of aryl methyl sites for hydroxylation is 2. The molecule has 2 aromatic rings. The molecule has 3 heteroatoms. The van der Waals surface area contributed by atoms with Gasteiger partial charge in [-0.3, -0.25) is 0 Å². The first-order valence-electron chi connectivity index (χ1n) is 6.38. The minimum Gasteiger partial charge on any atom is -0.508 e. The van der Waals surface area contributed by atoms with Crippen LogP contribution in [0.1, 0.15) is 29.2 Å². The molecule has 1 aliphatic heterocycles. The molecule has 0 amide bonds. The highest BCUT2D eigenvalue weighted by molar-refractivity contribution is 5.42. The lowest BCUT2D eigenvalue weighted by Crippen LogP contribution is -2.16. The van der Waals surface area contributed by atoms with Crippen LogP contribution in [0, 0.1) is 12.7 Å². The second kappa shape index (κ2) is 4.57. The zero-order chi connectivity index (χ0) is 13.4. The lowest BCUT2D eigenvalue weighted by molar-refractivity contribution is 0.175. The van der Waals surface area contributed by atoms with Crippen molar-refractivity contribution in [1.82, 2.24) is 0 Å². The average Bonchev–Trinajstić information content (AvgIpc) is 2.41. The van der Waals surface area contributed by atoms with Gasteiger partial charge in [-0.05, 0) is 66.8 Å². The predicted octanol–water partition coefficient (Wildman–Crippen LogP) is 3.91. The highest BCUT2D eigenvalue weighted by Gasteiger charge is 2.23. The number of benzene rings is 2. The Morgan fingerprint density at radius 1 is 1.21 bits per heavy atom. The van der Waals surface area contributed by atoms with Crippen LogP contribution in [0.2, 0.25) is 0 Å². The predicted molar refractivity (Wildman–Crippen MR) is 70.9 cm³/mol. The van der Waals surface area contributed by atoms with E-state index in [4.69, 9.17) is 4.74 Å². The van der Waals surface area contributed by atoms with Crippen LogP contribution in [0.25, 0.3) is 0 Å². The Labute approximate surface area is 111 Å². The molecule has 0 saturated heterocycles. The van der Waals surface area contributed by atoms with Gasteiger partial charge in [-0.25, -0.2) is 4.39 Å². The first-order valence-corrected chi connectivity index (χ1v) is 6.38. The van der Waals surface area contributed by atoms with Crippen molar-refractivity contribution in [1.29, 1.82) is 0 Å². The van der Waals surface area contributed by atoms with Gasteiger partial charge in [0.1, 0.15) is 23.4 Å². The highest BCUT2D eigenvalue weighted by atomic mass is 19.1. The van der Waals surface area contributed by atoms with Gasteiger partial charge >= 0.3 is 0 Å². The van der Waals surface area contributed by atoms with E-state index in [0.717, 1.165) is 35.3 Å². The van der Waals surface area contributed by atoms with E-state index in [2.05, 4.69) is 0 Å². The Bertz CT molecular complexity index is 622. The number of phenols is 1. The summed E-state index contributed by atoms with van der Waals surface area (Å²) in [4.78, 5) is 0. The lowest BCUT2D eigenvalue weighted by Gasteiger charge is -2.27. The van der Waals surface area contributed by atoms with E-state index in [1.54, 1.807) is 30.3 Å². The second-order valence-electron chi connectivity index (χ2n) is 4.94. The van der Waals surface area contributed by atoms with Crippen LogP contribution in [0.3, 0.4) is 0 Å². The quantitative estimate of drug-likeness (QED) is 0.840. The molecule has 2 aromatic carbocycles. The minimum atomic E-state index is -0.235. The van der Waals surface area contributed by atoms with Crippen molar-refractivity contribution in [2.75, 3.05) is 0 Å². The Morgan fingerprint density at radius 3 is 2.89 bits per heavy atom. The van der Waals surface area contributed by atoms with Gasteiger partial charge in [0, 0.05) is 0 Å². The van der Waals surface area contributed by atoms with Crippen LogP contribution in [0.15, 0.2) is 36.4 Å². The number of halogens is 1. The van der Waals surface area contributed by atoms with E-state index in [9.17, 15) is 9.50 Å². The van der Waals surface area contributed by atoms with Crippen molar-refractivity contribution < 1.29 is 14.2 Å². The molecule has 0 bridgehead atoms. The zero-order valence-corrected chi connectivity index (χ0v) is 10.7. The molecule has 1 N–H and O–H groups in total. The summed E-state index contributed by atoms with van der Waals surface area (Å²) in [6.07, 6.45) is 1.50. The topological polar surface area (TPSA) is 29.5 Å². The Kier molecular flexibility index (Phi) is 2.90. The lowest BCUT2D eigenvalue weighted by atomic mass is 9.94. The zero-order valence-electron chi connectivity index (χ0n) is 10.7. The molecule has 1 heterocycles. The highest BCUT2D eigenvalue weighted by Crippen LogP contribution is 2.37. The Hall–Kier alpha value is -2.03. The third kappa shape index (κ3) is 2.28. The summed E-state index contributed by atoms with van der Waals surface area (Å²) in [5.74, 6) is 0.793. The fourth-order valence-electron chi connectivity index (χ4n) is 2.55. The largest absolute Gasteiger partial charge is 0.508 e. The van der Waals surface area contributed by atoms with E-state index in [0.29, 0.717) is 0 Å². The molecule has 1 atom stereocenters. The van der Waals surface area contributed by atoms with Crippen molar-refractivity contribution in [3.63, 3.8) is 0 Å². The molecule has 98 valence electrons. The Balaban J connectivity index is 1.93. The van der Waals surface area contributed by atoms with Gasteiger partial charge in [0.25, 0.3) is 0 Å². The third-order valence-electron chi connectivity index (χ3n) is 3.58. The number of aromatic hydroxyl groups is 1. The molecule has 0 aliphatic carbocycles. The van der Waals surface area contributed by atoms with Gasteiger partial charge in [0.15, 0.2) is 0 Å². The molecule has 19 heavy (non-hydrogen) atoms. The third-order valence-corrected chi connectivity index (χ3v) is 3.58. The number of phenolic OH excluding ortho intramolecular Hbond substituents is 1. The van der Waals surface area contributed by atoms with E-state index >= 15 is 0 Å². The van der Waals surface area contributed by atoms with Crippen molar-refractivity contribution in [3.8, 4) is 11.5 Å². The molecular weight excluding hydrogens is 243 g/mol. The summed E-state index contributed by atoms with van der Waals surface area (Å²) in [6.45, 7) is 1.96. The number of hydrogen-bond acceptors (Lipinski definition) is 2. The van der Waals surface area contributed by atoms with Crippen LogP contribution in [-0.4, -0.2) is 5.11 Å². The first kappa shape index (κ1) is 12.0. The van der Waals surface area contributed by atoms with Crippen molar-refractivity contribution >= 4 is 0 Å². The van der Waals surface area contributed by atoms with Crippen molar-refractivity contribution in [2.45, 2.75) is 25.9 Å². The van der Waals surface area contributed by atoms with E-state index in [1.807, 2.05) is 6.92 Å². The first-order chi connectivity index (χ1) is 9.13. The van der Waals surface area contributed by atoms with Gasteiger partial charge in [0.05, 0.1) is 0 Å². The second-order valence-corrected chi connectivity index (χ2v) is 4.94. The summed E-state index contributed by atoms with van der Waals surface area (Å²) >= 11 is 0. The average molecular weight is 258 g/mol. The molecule has 1 aliphatic rings. The van der Waals surface area contributed by atoms with Crippen LogP contribution >= 0.6 is 0 Å². The van der Waals surface area contributed by atoms with E-state index in [-0.39, 0.29) is 17.7 Å². The van der Waals surface area contributed by atoms with Gasteiger partial charge in [0.2, 0.25) is 0 Å². The SMILES string of the molecule is Cc1ccc(F)cc1C1CCc2cc(O)ccc2O1. The smallest absolute Gasteiger partial charge is 0.124 e. The molecule has 0 saturated carbocycles. The molecular formula is C16H15FO2. The summed E-state index contributed by atoms with van der Waals surface area (Å²) in [7, 11) is 0. The minimum absolute atomic E-state index is 0.118. The maximum Gasteiger partial charge on any atom is 0.124 e. The number of fused-ring (bicyclic) bond motifs is 1. The molecule has 1 unspecified atom stereocenters. The molecule has 0 radical (unpaired) electrons.